The number of nitrogens with zero attached hydrogens (tertiary/aromatic N) is 1. The Labute approximate surface area is 102 Å². The highest BCUT2D eigenvalue weighted by Gasteiger charge is 2.24. The molecular weight excluding hydrogens is 218 g/mol. The number of rotatable bonds is 5. The fraction of sp³-hybridized carbons (Fsp3) is 0.750. The predicted molar refractivity (Wildman–Crippen MR) is 69.6 cm³/mol. The summed E-state index contributed by atoms with van der Waals surface area (Å²) in [6.45, 7) is 3.18. The van der Waals surface area contributed by atoms with Crippen molar-refractivity contribution in [2.75, 3.05) is 5.75 Å². The van der Waals surface area contributed by atoms with Crippen LogP contribution in [0.2, 0.25) is 0 Å². The van der Waals surface area contributed by atoms with E-state index in [1.54, 1.807) is 6.33 Å². The van der Waals surface area contributed by atoms with E-state index >= 15 is 0 Å². The summed E-state index contributed by atoms with van der Waals surface area (Å²) in [6.07, 6.45) is 9.13. The van der Waals surface area contributed by atoms with Gasteiger partial charge in [0.2, 0.25) is 0 Å². The van der Waals surface area contributed by atoms with Gasteiger partial charge in [-0.3, -0.25) is 0 Å². The first-order chi connectivity index (χ1) is 7.90. The van der Waals surface area contributed by atoms with Crippen molar-refractivity contribution in [1.82, 2.24) is 15.3 Å². The molecule has 16 heavy (non-hydrogen) atoms. The summed E-state index contributed by atoms with van der Waals surface area (Å²) < 4.78 is 0. The second kappa shape index (κ2) is 6.30. The first-order valence-electron chi connectivity index (χ1n) is 6.22. The Morgan fingerprint density at radius 1 is 1.50 bits per heavy atom. The summed E-state index contributed by atoms with van der Waals surface area (Å²) >= 11 is 2.11. The zero-order valence-corrected chi connectivity index (χ0v) is 10.7. The van der Waals surface area contributed by atoms with Crippen LogP contribution in [-0.2, 0) is 6.54 Å². The van der Waals surface area contributed by atoms with Crippen LogP contribution in [0.25, 0.3) is 0 Å². The van der Waals surface area contributed by atoms with E-state index in [0.29, 0.717) is 6.04 Å². The number of aromatic amines is 1. The number of nitrogens with one attached hydrogen (secondary N) is 2. The summed E-state index contributed by atoms with van der Waals surface area (Å²) in [7, 11) is 0. The maximum Gasteiger partial charge on any atom is 0.0922 e. The molecule has 1 fully saturated rings. The molecule has 2 N–H and O–H groups in total. The van der Waals surface area contributed by atoms with Gasteiger partial charge >= 0.3 is 0 Å². The van der Waals surface area contributed by atoms with Crippen LogP contribution < -0.4 is 5.32 Å². The Kier molecular flexibility index (Phi) is 4.72. The third kappa shape index (κ3) is 3.25. The topological polar surface area (TPSA) is 40.7 Å². The highest BCUT2D eigenvalue weighted by atomic mass is 32.2. The maximum atomic E-state index is 4.04. The average molecular weight is 239 g/mol. The molecule has 0 aromatic carbocycles. The number of hydrogen-bond donors (Lipinski definition) is 2. The first kappa shape index (κ1) is 12.0. The van der Waals surface area contributed by atoms with Gasteiger partial charge in [-0.15, -0.1) is 0 Å². The molecule has 0 bridgehead atoms. The van der Waals surface area contributed by atoms with E-state index in [-0.39, 0.29) is 0 Å². The van der Waals surface area contributed by atoms with Crippen molar-refractivity contribution in [2.24, 2.45) is 0 Å². The van der Waals surface area contributed by atoms with Gasteiger partial charge in [-0.1, -0.05) is 19.8 Å². The number of thioether (sulfide) groups is 1. The molecule has 2 rings (SSSR count). The van der Waals surface area contributed by atoms with E-state index < -0.39 is 0 Å². The van der Waals surface area contributed by atoms with Crippen molar-refractivity contribution in [1.29, 1.82) is 0 Å². The van der Waals surface area contributed by atoms with Gasteiger partial charge in [0.25, 0.3) is 0 Å². The molecule has 2 unspecified atom stereocenters. The molecule has 0 radical (unpaired) electrons. The lowest BCUT2D eigenvalue weighted by Gasteiger charge is -2.31. The van der Waals surface area contributed by atoms with Crippen molar-refractivity contribution in [3.8, 4) is 0 Å². The molecule has 1 heterocycles. The van der Waals surface area contributed by atoms with Crippen LogP contribution in [0.1, 0.15) is 38.3 Å². The number of hydrogen-bond acceptors (Lipinski definition) is 3. The molecule has 90 valence electrons. The molecule has 1 saturated carbocycles. The highest BCUT2D eigenvalue weighted by Crippen LogP contribution is 2.28. The van der Waals surface area contributed by atoms with Crippen LogP contribution >= 0.6 is 11.8 Å². The molecule has 0 aliphatic heterocycles. The molecule has 0 amide bonds. The van der Waals surface area contributed by atoms with E-state index in [1.165, 1.54) is 37.1 Å². The number of imidazole rings is 1. The van der Waals surface area contributed by atoms with Crippen molar-refractivity contribution in [3.63, 3.8) is 0 Å². The minimum absolute atomic E-state index is 0.682. The first-order valence-corrected chi connectivity index (χ1v) is 7.27. The van der Waals surface area contributed by atoms with E-state index in [9.17, 15) is 0 Å². The standard InChI is InChI=1S/C12H21N3S/c1-2-16-12-6-4-3-5-11(12)14-8-10-7-13-9-15-10/h7,9,11-12,14H,2-6,8H2,1H3,(H,13,15). The molecule has 4 heteroatoms. The van der Waals surface area contributed by atoms with Crippen LogP contribution in [0.15, 0.2) is 12.5 Å². The normalized spacial score (nSPS) is 25.8. The second-order valence-corrected chi connectivity index (χ2v) is 5.86. The molecule has 1 aliphatic rings. The van der Waals surface area contributed by atoms with Crippen molar-refractivity contribution in [3.05, 3.63) is 18.2 Å². The quantitative estimate of drug-likeness (QED) is 0.829. The lowest BCUT2D eigenvalue weighted by molar-refractivity contribution is 0.381. The van der Waals surface area contributed by atoms with Crippen LogP contribution in [0.3, 0.4) is 0 Å². The monoisotopic (exact) mass is 239 g/mol. The van der Waals surface area contributed by atoms with E-state index in [1.807, 2.05) is 6.20 Å². The highest BCUT2D eigenvalue weighted by molar-refractivity contribution is 7.99. The minimum Gasteiger partial charge on any atom is -0.347 e. The van der Waals surface area contributed by atoms with Crippen molar-refractivity contribution >= 4 is 11.8 Å². The summed E-state index contributed by atoms with van der Waals surface area (Å²) in [5.41, 5.74) is 1.19. The van der Waals surface area contributed by atoms with E-state index in [0.717, 1.165) is 11.8 Å². The molecule has 1 aromatic heterocycles. The SMILES string of the molecule is CCSC1CCCCC1NCc1cnc[nH]1. The Morgan fingerprint density at radius 3 is 3.12 bits per heavy atom. The van der Waals surface area contributed by atoms with Crippen LogP contribution in [0.5, 0.6) is 0 Å². The van der Waals surface area contributed by atoms with E-state index in [2.05, 4.69) is 34.0 Å². The van der Waals surface area contributed by atoms with Gasteiger partial charge in [-0.2, -0.15) is 11.8 Å². The minimum atomic E-state index is 0.682. The predicted octanol–water partition coefficient (Wildman–Crippen LogP) is 2.56. The maximum absolute atomic E-state index is 4.04. The fourth-order valence-corrected chi connectivity index (χ4v) is 3.59. The van der Waals surface area contributed by atoms with Crippen molar-refractivity contribution in [2.45, 2.75) is 50.4 Å². The lowest BCUT2D eigenvalue weighted by atomic mass is 9.95. The van der Waals surface area contributed by atoms with Gasteiger partial charge < -0.3 is 10.3 Å². The van der Waals surface area contributed by atoms with Gasteiger partial charge in [-0.25, -0.2) is 4.98 Å². The van der Waals surface area contributed by atoms with Gasteiger partial charge in [0.15, 0.2) is 0 Å². The Morgan fingerprint density at radius 2 is 2.38 bits per heavy atom. The molecule has 2 atom stereocenters. The number of aromatic nitrogens is 2. The molecular formula is C12H21N3S. The Hall–Kier alpha value is -0.480. The third-order valence-electron chi connectivity index (χ3n) is 3.19. The lowest BCUT2D eigenvalue weighted by Crippen LogP contribution is -2.40. The van der Waals surface area contributed by atoms with Gasteiger partial charge in [0.1, 0.15) is 0 Å². The molecule has 1 aromatic rings. The molecule has 3 nitrogen and oxygen atoms in total. The summed E-state index contributed by atoms with van der Waals surface area (Å²) in [5, 5.41) is 4.47. The van der Waals surface area contributed by atoms with Crippen LogP contribution in [0, 0.1) is 0 Å². The number of H-pyrrole nitrogens is 1. The molecule has 1 aliphatic carbocycles. The zero-order valence-electron chi connectivity index (χ0n) is 9.91. The van der Waals surface area contributed by atoms with Gasteiger partial charge in [0, 0.05) is 29.7 Å². The van der Waals surface area contributed by atoms with E-state index in [4.69, 9.17) is 0 Å². The smallest absolute Gasteiger partial charge is 0.0922 e. The van der Waals surface area contributed by atoms with Crippen LogP contribution in [-0.4, -0.2) is 27.0 Å². The largest absolute Gasteiger partial charge is 0.347 e. The average Bonchev–Trinajstić information content (AvgIpc) is 2.81. The summed E-state index contributed by atoms with van der Waals surface area (Å²) in [5.74, 6) is 1.23. The second-order valence-electron chi connectivity index (χ2n) is 4.34. The third-order valence-corrected chi connectivity index (χ3v) is 4.52. The van der Waals surface area contributed by atoms with Gasteiger partial charge in [0.05, 0.1) is 6.33 Å². The Balaban J connectivity index is 1.81. The summed E-state index contributed by atoms with van der Waals surface area (Å²) in [4.78, 5) is 7.18. The zero-order chi connectivity index (χ0) is 11.2. The van der Waals surface area contributed by atoms with Crippen molar-refractivity contribution < 1.29 is 0 Å². The molecule has 0 spiro atoms. The fourth-order valence-electron chi connectivity index (χ4n) is 2.37. The molecule has 0 saturated heterocycles. The van der Waals surface area contributed by atoms with Gasteiger partial charge in [-0.05, 0) is 18.6 Å². The van der Waals surface area contributed by atoms with Crippen LogP contribution in [0.4, 0.5) is 0 Å². The Bertz CT molecular complexity index is 284. The summed E-state index contributed by atoms with van der Waals surface area (Å²) in [6, 6.07) is 0.682.